The van der Waals surface area contributed by atoms with Gasteiger partial charge in [-0.15, -0.1) is 0 Å². The quantitative estimate of drug-likeness (QED) is 0.323. The van der Waals surface area contributed by atoms with Crippen LogP contribution in [0.3, 0.4) is 0 Å². The standard InChI is InChI=1S/2C15H25OP.2ClH.Pd/c2*1-14(2,3)17(15(4,5)6)12-8-10-13-9-7-11-16-13;;;/h2*7-9,11-12H,10H2,1-6H3;2*1H;/q;;;;+2/p-2. The van der Waals surface area contributed by atoms with E-state index in [1.54, 1.807) is 12.5 Å². The van der Waals surface area contributed by atoms with E-state index in [0.29, 0.717) is 20.6 Å². The Morgan fingerprint density at radius 2 is 0.838 bits per heavy atom. The van der Waals surface area contributed by atoms with Gasteiger partial charge in [-0.3, -0.25) is 0 Å². The van der Waals surface area contributed by atoms with E-state index < -0.39 is 0 Å². The first-order chi connectivity index (χ1) is 15.4. The van der Waals surface area contributed by atoms with Crippen LogP contribution in [-0.4, -0.2) is 20.6 Å². The van der Waals surface area contributed by atoms with Crippen molar-refractivity contribution in [2.24, 2.45) is 0 Å². The fourth-order valence-electron chi connectivity index (χ4n) is 4.31. The Labute approximate surface area is 257 Å². The summed E-state index contributed by atoms with van der Waals surface area (Å²) in [6.07, 6.45) is 9.80. The molecule has 7 heteroatoms. The van der Waals surface area contributed by atoms with Crippen molar-refractivity contribution in [3.05, 3.63) is 72.1 Å². The van der Waals surface area contributed by atoms with Crippen LogP contribution in [0.5, 0.6) is 0 Å². The van der Waals surface area contributed by atoms with Crippen molar-refractivity contribution in [3.63, 3.8) is 0 Å². The third kappa shape index (κ3) is 16.8. The van der Waals surface area contributed by atoms with Crippen molar-refractivity contribution in [1.29, 1.82) is 0 Å². The second kappa shape index (κ2) is 17.8. The summed E-state index contributed by atoms with van der Waals surface area (Å²) in [5, 5.41) is 1.42. The Hall–Kier alpha value is 0.142. The molecule has 0 unspecified atom stereocenters. The molecule has 0 bridgehead atoms. The number of allylic oxidation sites excluding steroid dienone is 2. The van der Waals surface area contributed by atoms with E-state index in [2.05, 4.69) is 107 Å². The predicted molar refractivity (Wildman–Crippen MR) is 156 cm³/mol. The number of rotatable bonds is 6. The minimum atomic E-state index is -0.147. The van der Waals surface area contributed by atoms with E-state index in [9.17, 15) is 0 Å². The van der Waals surface area contributed by atoms with Crippen molar-refractivity contribution in [2.45, 2.75) is 117 Å². The molecule has 0 saturated heterocycles. The zero-order chi connectivity index (χ0) is 26.2. The third-order valence-electron chi connectivity index (χ3n) is 5.20. The Kier molecular flexibility index (Phi) is 20.0. The molecule has 2 rings (SSSR count). The van der Waals surface area contributed by atoms with Crippen molar-refractivity contribution in [2.75, 3.05) is 0 Å². The Morgan fingerprint density at radius 3 is 1.03 bits per heavy atom. The van der Waals surface area contributed by atoms with Gasteiger partial charge in [-0.1, -0.05) is 123 Å². The molecule has 2 aromatic rings. The summed E-state index contributed by atoms with van der Waals surface area (Å²) in [6.45, 7) is 28.0. The summed E-state index contributed by atoms with van der Waals surface area (Å²) in [7, 11) is -0.294. The van der Waals surface area contributed by atoms with Gasteiger partial charge in [0.15, 0.2) is 0 Å². The first-order valence-corrected chi connectivity index (χ1v) is 15.2. The third-order valence-corrected chi connectivity index (χ3v) is 12.0. The fraction of sp³-hybridized carbons (Fsp3) is 0.600. The maximum atomic E-state index is 5.34. The van der Waals surface area contributed by atoms with Crippen LogP contribution < -0.4 is 24.8 Å². The predicted octanol–water partition coefficient (Wildman–Crippen LogP) is 4.83. The molecule has 0 aliphatic heterocycles. The van der Waals surface area contributed by atoms with Crippen LogP contribution in [0.2, 0.25) is 0 Å². The smallest absolute Gasteiger partial charge is 1.00 e. The minimum Gasteiger partial charge on any atom is -1.00 e. The van der Waals surface area contributed by atoms with Crippen LogP contribution in [0.4, 0.5) is 0 Å². The van der Waals surface area contributed by atoms with E-state index in [-0.39, 0.29) is 61.1 Å². The molecule has 0 aromatic carbocycles. The zero-order valence-corrected chi connectivity index (χ0v) is 29.8. The number of hydrogen-bond acceptors (Lipinski definition) is 2. The molecule has 0 N–H and O–H groups in total. The van der Waals surface area contributed by atoms with Gasteiger partial charge >= 0.3 is 20.4 Å². The van der Waals surface area contributed by atoms with Crippen LogP contribution in [0.15, 0.2) is 69.4 Å². The molecule has 37 heavy (non-hydrogen) atoms. The Balaban J connectivity index is -0.000000578. The van der Waals surface area contributed by atoms with Gasteiger partial charge in [-0.05, 0) is 44.9 Å². The molecule has 0 amide bonds. The number of halogens is 2. The summed E-state index contributed by atoms with van der Waals surface area (Å²) < 4.78 is 10.7. The Morgan fingerprint density at radius 1 is 0.568 bits per heavy atom. The van der Waals surface area contributed by atoms with Crippen LogP contribution in [0, 0.1) is 0 Å². The van der Waals surface area contributed by atoms with E-state index >= 15 is 0 Å². The molecule has 216 valence electrons. The summed E-state index contributed by atoms with van der Waals surface area (Å²) in [4.78, 5) is 0. The Bertz CT molecular complexity index is 763. The molecule has 2 nitrogen and oxygen atoms in total. The molecule has 2 aromatic heterocycles. The molecule has 0 spiro atoms. The fourth-order valence-corrected chi connectivity index (χ4v) is 10.8. The number of furan rings is 2. The average Bonchev–Trinajstić information content (AvgIpc) is 3.32. The molecule has 0 saturated carbocycles. The maximum absolute atomic E-state index is 5.34. The minimum absolute atomic E-state index is 0. The van der Waals surface area contributed by atoms with E-state index in [1.165, 1.54) is 0 Å². The van der Waals surface area contributed by atoms with Gasteiger partial charge in [-0.2, -0.15) is 0 Å². The van der Waals surface area contributed by atoms with Crippen LogP contribution in [0.25, 0.3) is 0 Å². The second-order valence-corrected chi connectivity index (χ2v) is 20.2. The number of hydrogen-bond donors (Lipinski definition) is 0. The topological polar surface area (TPSA) is 26.3 Å². The van der Waals surface area contributed by atoms with E-state index in [1.807, 2.05) is 24.3 Å². The van der Waals surface area contributed by atoms with Crippen LogP contribution in [0.1, 0.15) is 94.6 Å². The summed E-state index contributed by atoms with van der Waals surface area (Å²) in [5.41, 5.74) is 0. The zero-order valence-electron chi connectivity index (χ0n) is 25.0. The summed E-state index contributed by atoms with van der Waals surface area (Å²) in [5.74, 6) is 6.91. The molecular formula is C30H50Cl2O2P2Pd. The molecule has 0 aliphatic rings. The van der Waals surface area contributed by atoms with Gasteiger partial charge in [0.1, 0.15) is 11.5 Å². The molecule has 0 radical (unpaired) electrons. The molecule has 0 aliphatic carbocycles. The van der Waals surface area contributed by atoms with Crippen LogP contribution in [-0.2, 0) is 33.3 Å². The van der Waals surface area contributed by atoms with Crippen molar-refractivity contribution in [3.8, 4) is 0 Å². The van der Waals surface area contributed by atoms with Crippen LogP contribution >= 0.6 is 15.8 Å². The molecular weight excluding hydrogens is 632 g/mol. The maximum Gasteiger partial charge on any atom is 2.00 e. The van der Waals surface area contributed by atoms with Gasteiger partial charge < -0.3 is 33.6 Å². The molecule has 0 atom stereocenters. The second-order valence-electron chi connectivity index (χ2n) is 12.8. The molecule has 2 heterocycles. The largest absolute Gasteiger partial charge is 2.00 e. The summed E-state index contributed by atoms with van der Waals surface area (Å²) >= 11 is 0. The molecule has 0 fully saturated rings. The average molecular weight is 682 g/mol. The SMILES string of the molecule is CC(C)(C)P(C=CCc1ccco1)C(C)(C)C.CC(C)(C)P(C=CCc1ccco1)C(C)(C)C.[Cl-].[Cl-].[Pd+2]. The van der Waals surface area contributed by atoms with Gasteiger partial charge in [-0.25, -0.2) is 0 Å². The first-order valence-electron chi connectivity index (χ1n) is 12.4. The van der Waals surface area contributed by atoms with E-state index in [0.717, 1.165) is 24.4 Å². The first kappa shape index (κ1) is 41.6. The van der Waals surface area contributed by atoms with Crippen molar-refractivity contribution in [1.82, 2.24) is 0 Å². The van der Waals surface area contributed by atoms with Crippen molar-refractivity contribution < 1.29 is 54.1 Å². The van der Waals surface area contributed by atoms with Gasteiger partial charge in [0.05, 0.1) is 12.5 Å². The monoisotopic (exact) mass is 680 g/mol. The van der Waals surface area contributed by atoms with Crippen molar-refractivity contribution >= 4 is 15.8 Å². The van der Waals surface area contributed by atoms with Gasteiger partial charge in [0, 0.05) is 12.8 Å². The van der Waals surface area contributed by atoms with Gasteiger partial charge in [0.25, 0.3) is 0 Å². The van der Waals surface area contributed by atoms with E-state index in [4.69, 9.17) is 8.83 Å². The van der Waals surface area contributed by atoms with Gasteiger partial charge in [0.2, 0.25) is 0 Å². The summed E-state index contributed by atoms with van der Waals surface area (Å²) in [6, 6.07) is 7.95. The normalized spacial score (nSPS) is 12.7.